The minimum absolute atomic E-state index is 0.000000000000000222. The first-order valence-corrected chi connectivity index (χ1v) is 5.13. The summed E-state index contributed by atoms with van der Waals surface area (Å²) in [7, 11) is 0. The van der Waals surface area contributed by atoms with E-state index in [1.807, 2.05) is 26.0 Å². The third-order valence-corrected chi connectivity index (χ3v) is 2.71. The molecular formula is C12H15NO2. The molecule has 3 heteroatoms. The highest BCUT2D eigenvalue weighted by Gasteiger charge is 2.25. The van der Waals surface area contributed by atoms with Crippen molar-refractivity contribution in [3.8, 4) is 5.75 Å². The third kappa shape index (κ3) is 1.75. The molecule has 0 radical (unpaired) electrons. The fourth-order valence-corrected chi connectivity index (χ4v) is 1.97. The van der Waals surface area contributed by atoms with E-state index in [0.717, 1.165) is 11.1 Å². The molecule has 1 aliphatic heterocycles. The molecule has 1 heterocycles. The van der Waals surface area contributed by atoms with Crippen LogP contribution in [0.25, 0.3) is 0 Å². The van der Waals surface area contributed by atoms with E-state index >= 15 is 0 Å². The summed E-state index contributed by atoms with van der Waals surface area (Å²) in [6.45, 7) is 4.43. The van der Waals surface area contributed by atoms with Crippen LogP contribution < -0.4 is 10.5 Å². The fraction of sp³-hybridized carbons (Fsp3) is 0.417. The normalized spacial score (nSPS) is 20.5. The van der Waals surface area contributed by atoms with Gasteiger partial charge in [-0.2, -0.15) is 0 Å². The molecule has 1 unspecified atom stereocenters. The number of ketones is 1. The smallest absolute Gasteiger partial charge is 0.183 e. The summed E-state index contributed by atoms with van der Waals surface area (Å²) in [5.74, 6) is 0.686. The maximum Gasteiger partial charge on any atom is 0.183 e. The standard InChI is InChI=1S/C12H15NO2/c1-7-5-8(2)11-10(6-7)15-4-3-9(13)12(11)14/h5-6,9H,3-4,13H2,1-2H3. The van der Waals surface area contributed by atoms with Crippen molar-refractivity contribution >= 4 is 5.78 Å². The van der Waals surface area contributed by atoms with Crippen molar-refractivity contribution in [3.63, 3.8) is 0 Å². The van der Waals surface area contributed by atoms with Crippen molar-refractivity contribution in [2.24, 2.45) is 5.73 Å². The minimum atomic E-state index is -0.423. The number of nitrogens with two attached hydrogens (primary N) is 1. The monoisotopic (exact) mass is 205 g/mol. The number of carbonyl (C=O) groups excluding carboxylic acids is 1. The molecule has 0 saturated heterocycles. The first-order chi connectivity index (χ1) is 7.09. The summed E-state index contributed by atoms with van der Waals surface area (Å²) in [6.07, 6.45) is 0.589. The molecule has 0 bridgehead atoms. The average Bonchev–Trinajstić information content (AvgIpc) is 2.27. The molecule has 1 aliphatic rings. The van der Waals surface area contributed by atoms with Crippen LogP contribution in [0, 0.1) is 13.8 Å². The molecule has 0 spiro atoms. The molecule has 1 atom stereocenters. The zero-order valence-electron chi connectivity index (χ0n) is 9.04. The lowest BCUT2D eigenvalue weighted by molar-refractivity contribution is 0.0960. The zero-order chi connectivity index (χ0) is 11.0. The second-order valence-electron chi connectivity index (χ2n) is 4.06. The second kappa shape index (κ2) is 3.66. The molecule has 0 amide bonds. The Hall–Kier alpha value is -1.35. The molecule has 0 saturated carbocycles. The van der Waals surface area contributed by atoms with Gasteiger partial charge >= 0.3 is 0 Å². The highest BCUT2D eigenvalue weighted by atomic mass is 16.5. The van der Waals surface area contributed by atoms with Crippen molar-refractivity contribution in [2.75, 3.05) is 6.61 Å². The van der Waals surface area contributed by atoms with Gasteiger partial charge in [0.05, 0.1) is 18.2 Å². The van der Waals surface area contributed by atoms with Crippen LogP contribution in [0.3, 0.4) is 0 Å². The van der Waals surface area contributed by atoms with Crippen molar-refractivity contribution < 1.29 is 9.53 Å². The summed E-state index contributed by atoms with van der Waals surface area (Å²) in [4.78, 5) is 12.0. The minimum Gasteiger partial charge on any atom is -0.493 e. The molecule has 15 heavy (non-hydrogen) atoms. The predicted octanol–water partition coefficient (Wildman–Crippen LogP) is 1.60. The van der Waals surface area contributed by atoms with Crippen LogP contribution in [0.1, 0.15) is 27.9 Å². The zero-order valence-corrected chi connectivity index (χ0v) is 9.04. The van der Waals surface area contributed by atoms with E-state index in [2.05, 4.69) is 0 Å². The van der Waals surface area contributed by atoms with Gasteiger partial charge < -0.3 is 10.5 Å². The van der Waals surface area contributed by atoms with Crippen molar-refractivity contribution in [1.82, 2.24) is 0 Å². The summed E-state index contributed by atoms with van der Waals surface area (Å²) < 4.78 is 5.55. The van der Waals surface area contributed by atoms with Crippen LogP contribution in [-0.4, -0.2) is 18.4 Å². The number of aryl methyl sites for hydroxylation is 2. The van der Waals surface area contributed by atoms with Crippen LogP contribution in [0.15, 0.2) is 12.1 Å². The van der Waals surface area contributed by atoms with Crippen LogP contribution in [-0.2, 0) is 0 Å². The van der Waals surface area contributed by atoms with E-state index in [1.54, 1.807) is 0 Å². The van der Waals surface area contributed by atoms with Crippen LogP contribution in [0.2, 0.25) is 0 Å². The quantitative estimate of drug-likeness (QED) is 0.699. The number of hydrogen-bond acceptors (Lipinski definition) is 3. The fourth-order valence-electron chi connectivity index (χ4n) is 1.97. The van der Waals surface area contributed by atoms with Gasteiger partial charge in [-0.05, 0) is 31.0 Å². The molecular weight excluding hydrogens is 190 g/mol. The molecule has 2 rings (SSSR count). The number of fused-ring (bicyclic) bond motifs is 1. The van der Waals surface area contributed by atoms with E-state index in [4.69, 9.17) is 10.5 Å². The Balaban J connectivity index is 2.58. The van der Waals surface area contributed by atoms with Gasteiger partial charge in [0.25, 0.3) is 0 Å². The molecule has 1 aromatic rings. The van der Waals surface area contributed by atoms with Gasteiger partial charge in [0.15, 0.2) is 5.78 Å². The Bertz CT molecular complexity index is 412. The molecule has 0 aromatic heterocycles. The Morgan fingerprint density at radius 2 is 2.13 bits per heavy atom. The van der Waals surface area contributed by atoms with Crippen molar-refractivity contribution in [1.29, 1.82) is 0 Å². The summed E-state index contributed by atoms with van der Waals surface area (Å²) >= 11 is 0. The summed E-state index contributed by atoms with van der Waals surface area (Å²) in [6, 6.07) is 3.46. The molecule has 3 nitrogen and oxygen atoms in total. The van der Waals surface area contributed by atoms with Crippen molar-refractivity contribution in [3.05, 3.63) is 28.8 Å². The van der Waals surface area contributed by atoms with Gasteiger partial charge in [-0.15, -0.1) is 0 Å². The number of carbonyl (C=O) groups is 1. The largest absolute Gasteiger partial charge is 0.493 e. The molecule has 0 fully saturated rings. The number of rotatable bonds is 0. The number of hydrogen-bond donors (Lipinski definition) is 1. The molecule has 0 aliphatic carbocycles. The topological polar surface area (TPSA) is 52.3 Å². The van der Waals surface area contributed by atoms with E-state index < -0.39 is 6.04 Å². The van der Waals surface area contributed by atoms with E-state index in [0.29, 0.717) is 24.3 Å². The molecule has 1 aromatic carbocycles. The maximum absolute atomic E-state index is 12.0. The Morgan fingerprint density at radius 1 is 1.40 bits per heavy atom. The highest BCUT2D eigenvalue weighted by Crippen LogP contribution is 2.28. The third-order valence-electron chi connectivity index (χ3n) is 2.71. The van der Waals surface area contributed by atoms with Crippen LogP contribution in [0.4, 0.5) is 0 Å². The van der Waals surface area contributed by atoms with Gasteiger partial charge in [-0.3, -0.25) is 4.79 Å². The van der Waals surface area contributed by atoms with Gasteiger partial charge in [-0.25, -0.2) is 0 Å². The summed E-state index contributed by atoms with van der Waals surface area (Å²) in [5, 5.41) is 0. The maximum atomic E-state index is 12.0. The SMILES string of the molecule is Cc1cc(C)c2c(c1)OCCC(N)C2=O. The van der Waals surface area contributed by atoms with Gasteiger partial charge in [0, 0.05) is 6.42 Å². The highest BCUT2D eigenvalue weighted by molar-refractivity contribution is 6.03. The number of benzene rings is 1. The van der Waals surface area contributed by atoms with Crippen LogP contribution >= 0.6 is 0 Å². The van der Waals surface area contributed by atoms with Crippen molar-refractivity contribution in [2.45, 2.75) is 26.3 Å². The lowest BCUT2D eigenvalue weighted by Gasteiger charge is -2.10. The first-order valence-electron chi connectivity index (χ1n) is 5.13. The summed E-state index contributed by atoms with van der Waals surface area (Å²) in [5.41, 5.74) is 8.49. The molecule has 80 valence electrons. The van der Waals surface area contributed by atoms with Gasteiger partial charge in [0.1, 0.15) is 5.75 Å². The number of ether oxygens (including phenoxy) is 1. The van der Waals surface area contributed by atoms with E-state index in [1.165, 1.54) is 0 Å². The molecule has 2 N–H and O–H groups in total. The second-order valence-corrected chi connectivity index (χ2v) is 4.06. The Morgan fingerprint density at radius 3 is 2.87 bits per heavy atom. The average molecular weight is 205 g/mol. The van der Waals surface area contributed by atoms with Crippen LogP contribution in [0.5, 0.6) is 5.75 Å². The Labute approximate surface area is 89.2 Å². The van der Waals surface area contributed by atoms with Gasteiger partial charge in [-0.1, -0.05) is 6.07 Å². The van der Waals surface area contributed by atoms with Gasteiger partial charge in [0.2, 0.25) is 0 Å². The lowest BCUT2D eigenvalue weighted by atomic mass is 9.97. The lowest BCUT2D eigenvalue weighted by Crippen LogP contribution is -2.30. The van der Waals surface area contributed by atoms with E-state index in [-0.39, 0.29) is 5.78 Å². The Kier molecular flexibility index (Phi) is 2.49. The van der Waals surface area contributed by atoms with E-state index in [9.17, 15) is 4.79 Å². The number of Topliss-reactive ketones (excluding diaryl/α,β-unsaturated/α-hetero) is 1. The predicted molar refractivity (Wildman–Crippen MR) is 58.3 cm³/mol. The first kappa shape index (κ1) is 10.2.